The van der Waals surface area contributed by atoms with Crippen molar-refractivity contribution >= 4 is 5.78 Å². The molecule has 1 radical (unpaired) electrons. The lowest BCUT2D eigenvalue weighted by Crippen LogP contribution is -1.97. The smallest absolute Gasteiger partial charge is 0.210 e. The van der Waals surface area contributed by atoms with Gasteiger partial charge >= 0.3 is 0 Å². The molecule has 0 fully saturated rings. The molecule has 0 amide bonds. The molecule has 53 valence electrons. The molecular formula is C10H7O. The molecule has 0 heterocycles. The summed E-state index contributed by atoms with van der Waals surface area (Å²) in [4.78, 5) is 10.7. The van der Waals surface area contributed by atoms with Crippen molar-refractivity contribution in [3.8, 4) is 5.92 Å². The van der Waals surface area contributed by atoms with E-state index >= 15 is 0 Å². The maximum atomic E-state index is 10.7. The van der Waals surface area contributed by atoms with Crippen LogP contribution >= 0.6 is 0 Å². The maximum absolute atomic E-state index is 10.7. The van der Waals surface area contributed by atoms with E-state index in [0.717, 1.165) is 5.56 Å². The Bertz CT molecular complexity index is 279. The minimum atomic E-state index is -0.281. The van der Waals surface area contributed by atoms with E-state index in [9.17, 15) is 4.79 Å². The zero-order valence-electron chi connectivity index (χ0n) is 6.00. The van der Waals surface area contributed by atoms with Gasteiger partial charge in [0.2, 0.25) is 5.78 Å². The van der Waals surface area contributed by atoms with E-state index in [1.54, 1.807) is 0 Å². The third-order valence-corrected chi connectivity index (χ3v) is 1.35. The highest BCUT2D eigenvalue weighted by Crippen LogP contribution is 1.99. The van der Waals surface area contributed by atoms with Gasteiger partial charge in [-0.25, -0.2) is 0 Å². The van der Waals surface area contributed by atoms with Crippen LogP contribution in [0.4, 0.5) is 0 Å². The van der Waals surface area contributed by atoms with Gasteiger partial charge in [0.25, 0.3) is 0 Å². The average molecular weight is 143 g/mol. The second-order valence-corrected chi connectivity index (χ2v) is 2.21. The lowest BCUT2D eigenvalue weighted by molar-refractivity contribution is -0.113. The first-order valence-electron chi connectivity index (χ1n) is 3.32. The van der Waals surface area contributed by atoms with E-state index in [-0.39, 0.29) is 12.2 Å². The monoisotopic (exact) mass is 143 g/mol. The molecule has 0 aliphatic rings. The Morgan fingerprint density at radius 2 is 2.00 bits per heavy atom. The summed E-state index contributed by atoms with van der Waals surface area (Å²) < 4.78 is 0. The molecule has 1 aromatic rings. The lowest BCUT2D eigenvalue weighted by Gasteiger charge is -1.93. The van der Waals surface area contributed by atoms with E-state index in [4.69, 9.17) is 6.42 Å². The fraction of sp³-hybridized carbons (Fsp3) is 0.100. The molecule has 1 nitrogen and oxygen atoms in total. The summed E-state index contributed by atoms with van der Waals surface area (Å²) in [5.74, 6) is 1.54. The molecule has 0 saturated carbocycles. The molecule has 0 spiro atoms. The number of carbonyl (C=O) groups is 1. The zero-order chi connectivity index (χ0) is 8.10. The molecule has 11 heavy (non-hydrogen) atoms. The largest absolute Gasteiger partial charge is 0.284 e. The Labute approximate surface area is 66.1 Å². The highest BCUT2D eigenvalue weighted by atomic mass is 16.1. The van der Waals surface area contributed by atoms with Crippen molar-refractivity contribution in [1.29, 1.82) is 0 Å². The van der Waals surface area contributed by atoms with Gasteiger partial charge in [0.1, 0.15) is 0 Å². The van der Waals surface area contributed by atoms with E-state index in [2.05, 4.69) is 0 Å². The minimum Gasteiger partial charge on any atom is -0.284 e. The van der Waals surface area contributed by atoms with Gasteiger partial charge in [-0.2, -0.15) is 0 Å². The zero-order valence-corrected chi connectivity index (χ0v) is 6.00. The predicted octanol–water partition coefficient (Wildman–Crippen LogP) is 1.39. The molecule has 0 atom stereocenters. The van der Waals surface area contributed by atoms with E-state index in [1.165, 1.54) is 0 Å². The van der Waals surface area contributed by atoms with E-state index in [0.29, 0.717) is 0 Å². The van der Waals surface area contributed by atoms with Crippen LogP contribution in [0.15, 0.2) is 30.3 Å². The number of hydrogen-bond donors (Lipinski definition) is 0. The van der Waals surface area contributed by atoms with Crippen molar-refractivity contribution in [3.63, 3.8) is 0 Å². The third kappa shape index (κ3) is 2.27. The van der Waals surface area contributed by atoms with Crippen LogP contribution < -0.4 is 0 Å². The third-order valence-electron chi connectivity index (χ3n) is 1.35. The summed E-state index contributed by atoms with van der Waals surface area (Å²) in [6, 6.07) is 9.34. The van der Waals surface area contributed by atoms with Gasteiger partial charge < -0.3 is 0 Å². The molecule has 0 bridgehead atoms. The molecule has 1 aromatic carbocycles. The van der Waals surface area contributed by atoms with Crippen molar-refractivity contribution in [2.45, 2.75) is 6.42 Å². The van der Waals surface area contributed by atoms with Crippen LogP contribution in [0.5, 0.6) is 0 Å². The second kappa shape index (κ2) is 3.58. The number of Topliss-reactive ketones (excluding diaryl/α,β-unsaturated/α-hetero) is 1. The summed E-state index contributed by atoms with van der Waals surface area (Å²) in [7, 11) is 0. The van der Waals surface area contributed by atoms with Gasteiger partial charge in [0.05, 0.1) is 0 Å². The van der Waals surface area contributed by atoms with Gasteiger partial charge in [0, 0.05) is 6.42 Å². The lowest BCUT2D eigenvalue weighted by atomic mass is 10.1. The number of ketones is 1. The van der Waals surface area contributed by atoms with Crippen molar-refractivity contribution in [2.24, 2.45) is 0 Å². The van der Waals surface area contributed by atoms with Crippen LogP contribution in [0.3, 0.4) is 0 Å². The number of benzene rings is 1. The molecule has 1 heteroatoms. The SMILES string of the molecule is [C]#CC(=O)Cc1ccccc1. The molecule has 1 rings (SSSR count). The molecule has 0 saturated heterocycles. The molecule has 0 aromatic heterocycles. The first-order valence-corrected chi connectivity index (χ1v) is 3.32. The van der Waals surface area contributed by atoms with Gasteiger partial charge in [-0.15, -0.1) is 0 Å². The first-order chi connectivity index (χ1) is 5.33. The summed E-state index contributed by atoms with van der Waals surface area (Å²) in [5, 5.41) is 0. The van der Waals surface area contributed by atoms with Crippen molar-refractivity contribution in [3.05, 3.63) is 42.3 Å². The van der Waals surface area contributed by atoms with Crippen LogP contribution in [0.25, 0.3) is 0 Å². The molecule has 0 aliphatic heterocycles. The number of hydrogen-bond acceptors (Lipinski definition) is 1. The molecule has 0 unspecified atom stereocenters. The Morgan fingerprint density at radius 3 is 2.55 bits per heavy atom. The van der Waals surface area contributed by atoms with Crippen molar-refractivity contribution < 1.29 is 4.79 Å². The fourth-order valence-corrected chi connectivity index (χ4v) is 0.825. The topological polar surface area (TPSA) is 17.1 Å². The normalized spacial score (nSPS) is 8.64. The predicted molar refractivity (Wildman–Crippen MR) is 42.3 cm³/mol. The van der Waals surface area contributed by atoms with Crippen LogP contribution in [0, 0.1) is 12.3 Å². The summed E-state index contributed by atoms with van der Waals surface area (Å²) >= 11 is 0. The highest BCUT2D eigenvalue weighted by Gasteiger charge is 1.96. The van der Waals surface area contributed by atoms with Crippen LogP contribution in [0.1, 0.15) is 5.56 Å². The van der Waals surface area contributed by atoms with Gasteiger partial charge in [0.15, 0.2) is 0 Å². The van der Waals surface area contributed by atoms with Crippen molar-refractivity contribution in [1.82, 2.24) is 0 Å². The summed E-state index contributed by atoms with van der Waals surface area (Å²) in [5.41, 5.74) is 0.928. The highest BCUT2D eigenvalue weighted by molar-refractivity contribution is 5.95. The maximum Gasteiger partial charge on any atom is 0.210 e. The average Bonchev–Trinajstić information content (AvgIpc) is 2.06. The van der Waals surface area contributed by atoms with Gasteiger partial charge in [-0.1, -0.05) is 30.3 Å². The standard InChI is InChI=1S/C10H7O/c1-2-10(11)8-9-6-4-3-5-7-9/h3-7H,8H2. The minimum absolute atomic E-state index is 0.281. The molecule has 0 aliphatic carbocycles. The van der Waals surface area contributed by atoms with E-state index in [1.807, 2.05) is 36.3 Å². The van der Waals surface area contributed by atoms with Crippen LogP contribution in [0.2, 0.25) is 0 Å². The second-order valence-electron chi connectivity index (χ2n) is 2.21. The van der Waals surface area contributed by atoms with Crippen LogP contribution in [-0.4, -0.2) is 5.78 Å². The molecule has 0 N–H and O–H groups in total. The Morgan fingerprint density at radius 1 is 1.36 bits per heavy atom. The Hall–Kier alpha value is -1.55. The summed E-state index contributed by atoms with van der Waals surface area (Å²) in [6.45, 7) is 0. The van der Waals surface area contributed by atoms with Crippen molar-refractivity contribution in [2.75, 3.05) is 0 Å². The Balaban J connectivity index is 2.67. The van der Waals surface area contributed by atoms with E-state index < -0.39 is 0 Å². The van der Waals surface area contributed by atoms with Gasteiger partial charge in [-0.3, -0.25) is 4.79 Å². The Kier molecular flexibility index (Phi) is 2.46. The first kappa shape index (κ1) is 7.56. The summed E-state index contributed by atoms with van der Waals surface area (Å²) in [6.07, 6.45) is 6.84. The van der Waals surface area contributed by atoms with Gasteiger partial charge in [-0.05, 0) is 17.9 Å². The molecular weight excluding hydrogens is 136 g/mol. The van der Waals surface area contributed by atoms with Crippen LogP contribution in [-0.2, 0) is 11.2 Å². The number of rotatable bonds is 2. The quantitative estimate of drug-likeness (QED) is 0.572. The fourth-order valence-electron chi connectivity index (χ4n) is 0.825. The number of carbonyl (C=O) groups excluding carboxylic acids is 1.